The average Bonchev–Trinajstić information content (AvgIpc) is 2.95. The molecule has 5 heteroatoms. The van der Waals surface area contributed by atoms with Gasteiger partial charge in [0.05, 0.1) is 17.7 Å². The van der Waals surface area contributed by atoms with Crippen molar-refractivity contribution in [1.82, 2.24) is 5.32 Å². The molecule has 1 aromatic rings. The van der Waals surface area contributed by atoms with E-state index in [4.69, 9.17) is 21.1 Å². The first-order chi connectivity index (χ1) is 9.75. The van der Waals surface area contributed by atoms with Crippen molar-refractivity contribution in [3.63, 3.8) is 0 Å². The van der Waals surface area contributed by atoms with E-state index in [-0.39, 0.29) is 0 Å². The van der Waals surface area contributed by atoms with Gasteiger partial charge in [-0.3, -0.25) is 0 Å². The summed E-state index contributed by atoms with van der Waals surface area (Å²) in [6.45, 7) is 4.22. The molecule has 0 aliphatic carbocycles. The summed E-state index contributed by atoms with van der Waals surface area (Å²) in [6.07, 6.45) is 3.66. The SMILES string of the molecule is Clc1ccc(CNCCCOCC2CCCO2)cc1Br. The Morgan fingerprint density at radius 1 is 1.45 bits per heavy atom. The van der Waals surface area contributed by atoms with Gasteiger partial charge in [0.25, 0.3) is 0 Å². The van der Waals surface area contributed by atoms with E-state index >= 15 is 0 Å². The number of ether oxygens (including phenoxy) is 2. The maximum atomic E-state index is 5.96. The molecule has 1 aliphatic heterocycles. The Bertz CT molecular complexity index is 411. The molecule has 1 aromatic carbocycles. The molecule has 1 unspecified atom stereocenters. The Hall–Kier alpha value is -0.130. The number of hydrogen-bond donors (Lipinski definition) is 1. The fourth-order valence-electron chi connectivity index (χ4n) is 2.17. The highest BCUT2D eigenvalue weighted by Gasteiger charge is 2.14. The van der Waals surface area contributed by atoms with Crippen molar-refractivity contribution in [3.8, 4) is 0 Å². The van der Waals surface area contributed by atoms with Crippen molar-refractivity contribution in [2.75, 3.05) is 26.4 Å². The summed E-state index contributed by atoms with van der Waals surface area (Å²) in [5.74, 6) is 0. The smallest absolute Gasteiger partial charge is 0.0809 e. The van der Waals surface area contributed by atoms with Crippen LogP contribution in [0.5, 0.6) is 0 Å². The molecule has 20 heavy (non-hydrogen) atoms. The van der Waals surface area contributed by atoms with Crippen molar-refractivity contribution in [3.05, 3.63) is 33.3 Å². The quantitative estimate of drug-likeness (QED) is 0.714. The van der Waals surface area contributed by atoms with Crippen molar-refractivity contribution in [2.24, 2.45) is 0 Å². The average molecular weight is 363 g/mol. The Kier molecular flexibility index (Phi) is 7.31. The molecule has 0 saturated carbocycles. The number of rotatable bonds is 8. The van der Waals surface area contributed by atoms with Gasteiger partial charge in [-0.15, -0.1) is 0 Å². The van der Waals surface area contributed by atoms with Crippen LogP contribution in [0.15, 0.2) is 22.7 Å². The number of nitrogens with one attached hydrogen (secondary N) is 1. The van der Waals surface area contributed by atoms with Gasteiger partial charge in [0, 0.05) is 24.2 Å². The Morgan fingerprint density at radius 3 is 3.10 bits per heavy atom. The predicted octanol–water partition coefficient (Wildman–Crippen LogP) is 3.78. The highest BCUT2D eigenvalue weighted by atomic mass is 79.9. The molecule has 0 spiro atoms. The van der Waals surface area contributed by atoms with Crippen LogP contribution < -0.4 is 5.32 Å². The third-order valence-electron chi connectivity index (χ3n) is 3.28. The largest absolute Gasteiger partial charge is 0.379 e. The Labute approximate surface area is 134 Å². The number of hydrogen-bond acceptors (Lipinski definition) is 3. The zero-order chi connectivity index (χ0) is 14.2. The van der Waals surface area contributed by atoms with Crippen LogP contribution in [-0.2, 0) is 16.0 Å². The van der Waals surface area contributed by atoms with Crippen LogP contribution in [0.25, 0.3) is 0 Å². The van der Waals surface area contributed by atoms with Crippen molar-refractivity contribution < 1.29 is 9.47 Å². The summed E-state index contributed by atoms with van der Waals surface area (Å²) in [5, 5.41) is 4.15. The predicted molar refractivity (Wildman–Crippen MR) is 85.3 cm³/mol. The van der Waals surface area contributed by atoms with Crippen LogP contribution in [0.2, 0.25) is 5.02 Å². The van der Waals surface area contributed by atoms with Gasteiger partial charge in [-0.1, -0.05) is 17.7 Å². The Balaban J connectivity index is 1.49. The van der Waals surface area contributed by atoms with Gasteiger partial charge in [0.2, 0.25) is 0 Å². The van der Waals surface area contributed by atoms with E-state index in [0.29, 0.717) is 6.10 Å². The topological polar surface area (TPSA) is 30.5 Å². The van der Waals surface area contributed by atoms with E-state index in [9.17, 15) is 0 Å². The highest BCUT2D eigenvalue weighted by molar-refractivity contribution is 9.10. The summed E-state index contributed by atoms with van der Waals surface area (Å²) in [5.41, 5.74) is 1.22. The Morgan fingerprint density at radius 2 is 2.35 bits per heavy atom. The molecule has 1 N–H and O–H groups in total. The lowest BCUT2D eigenvalue weighted by Gasteiger charge is -2.10. The lowest BCUT2D eigenvalue weighted by Crippen LogP contribution is -2.19. The molecule has 1 aliphatic rings. The minimum absolute atomic E-state index is 0.328. The van der Waals surface area contributed by atoms with E-state index < -0.39 is 0 Å². The maximum absolute atomic E-state index is 5.96. The van der Waals surface area contributed by atoms with E-state index in [1.54, 1.807) is 0 Å². The zero-order valence-corrected chi connectivity index (χ0v) is 13.9. The fourth-order valence-corrected chi connectivity index (χ4v) is 2.72. The molecular formula is C15H21BrClNO2. The third kappa shape index (κ3) is 5.70. The monoisotopic (exact) mass is 361 g/mol. The van der Waals surface area contributed by atoms with Gasteiger partial charge in [-0.2, -0.15) is 0 Å². The molecule has 0 bridgehead atoms. The van der Waals surface area contributed by atoms with Crippen molar-refractivity contribution in [1.29, 1.82) is 0 Å². The van der Waals surface area contributed by atoms with Crippen LogP contribution in [-0.4, -0.2) is 32.5 Å². The van der Waals surface area contributed by atoms with Crippen molar-refractivity contribution >= 4 is 27.5 Å². The first-order valence-electron chi connectivity index (χ1n) is 7.09. The summed E-state index contributed by atoms with van der Waals surface area (Å²) in [4.78, 5) is 0. The molecule has 1 fully saturated rings. The van der Waals surface area contributed by atoms with Gasteiger partial charge >= 0.3 is 0 Å². The summed E-state index contributed by atoms with van der Waals surface area (Å²) in [6, 6.07) is 5.99. The van der Waals surface area contributed by atoms with Gasteiger partial charge in [-0.25, -0.2) is 0 Å². The van der Waals surface area contributed by atoms with E-state index in [0.717, 1.165) is 55.2 Å². The van der Waals surface area contributed by atoms with E-state index in [1.165, 1.54) is 12.0 Å². The fraction of sp³-hybridized carbons (Fsp3) is 0.600. The normalized spacial score (nSPS) is 18.6. The van der Waals surface area contributed by atoms with Gasteiger partial charge in [0.15, 0.2) is 0 Å². The molecule has 1 heterocycles. The van der Waals surface area contributed by atoms with E-state index in [1.807, 2.05) is 18.2 Å². The number of benzene rings is 1. The molecule has 0 amide bonds. The second kappa shape index (κ2) is 9.00. The minimum Gasteiger partial charge on any atom is -0.379 e. The zero-order valence-electron chi connectivity index (χ0n) is 11.5. The van der Waals surface area contributed by atoms with Crippen LogP contribution in [0, 0.1) is 0 Å². The van der Waals surface area contributed by atoms with Crippen LogP contribution in [0.3, 0.4) is 0 Å². The molecular weight excluding hydrogens is 342 g/mol. The first kappa shape index (κ1) is 16.2. The highest BCUT2D eigenvalue weighted by Crippen LogP contribution is 2.23. The number of halogens is 2. The molecule has 112 valence electrons. The second-order valence-electron chi connectivity index (χ2n) is 4.99. The summed E-state index contributed by atoms with van der Waals surface area (Å²) >= 11 is 9.39. The maximum Gasteiger partial charge on any atom is 0.0809 e. The van der Waals surface area contributed by atoms with Gasteiger partial charge in [0.1, 0.15) is 0 Å². The first-order valence-corrected chi connectivity index (χ1v) is 8.27. The molecule has 0 radical (unpaired) electrons. The molecule has 2 rings (SSSR count). The lowest BCUT2D eigenvalue weighted by molar-refractivity contribution is 0.0166. The molecule has 1 atom stereocenters. The van der Waals surface area contributed by atoms with Crippen LogP contribution >= 0.6 is 27.5 Å². The lowest BCUT2D eigenvalue weighted by atomic mass is 10.2. The van der Waals surface area contributed by atoms with Crippen molar-refractivity contribution in [2.45, 2.75) is 31.9 Å². The standard InChI is InChI=1S/C15H21BrClNO2/c16-14-9-12(4-5-15(14)17)10-18-6-2-7-19-11-13-3-1-8-20-13/h4-5,9,13,18H,1-3,6-8,10-11H2. The second-order valence-corrected chi connectivity index (χ2v) is 6.25. The molecule has 0 aromatic heterocycles. The van der Waals surface area contributed by atoms with Crippen LogP contribution in [0.1, 0.15) is 24.8 Å². The third-order valence-corrected chi connectivity index (χ3v) is 4.50. The summed E-state index contributed by atoms with van der Waals surface area (Å²) < 4.78 is 12.1. The van der Waals surface area contributed by atoms with Crippen LogP contribution in [0.4, 0.5) is 0 Å². The van der Waals surface area contributed by atoms with Gasteiger partial charge < -0.3 is 14.8 Å². The minimum atomic E-state index is 0.328. The molecule has 1 saturated heterocycles. The van der Waals surface area contributed by atoms with E-state index in [2.05, 4.69) is 21.2 Å². The summed E-state index contributed by atoms with van der Waals surface area (Å²) in [7, 11) is 0. The molecule has 3 nitrogen and oxygen atoms in total. The van der Waals surface area contributed by atoms with Gasteiger partial charge in [-0.05, 0) is 59.4 Å².